The molecule has 0 fully saturated rings. The number of aromatic nitrogens is 1. The molecule has 1 N–H and O–H groups in total. The summed E-state index contributed by atoms with van der Waals surface area (Å²) in [5.74, 6) is 0.535. The highest BCUT2D eigenvalue weighted by Gasteiger charge is 2.09. The highest BCUT2D eigenvalue weighted by atomic mass is 35.5. The molecular formula is C8H11ClN2O2. The molecule has 1 amide bonds. The Labute approximate surface area is 81.2 Å². The first kappa shape index (κ1) is 10.1. The third-order valence-electron chi connectivity index (χ3n) is 1.45. The van der Waals surface area contributed by atoms with E-state index in [9.17, 15) is 4.79 Å². The first-order valence-corrected chi connectivity index (χ1v) is 4.55. The highest BCUT2D eigenvalue weighted by Crippen LogP contribution is 2.01. The van der Waals surface area contributed by atoms with Crippen molar-refractivity contribution in [2.75, 3.05) is 12.4 Å². The van der Waals surface area contributed by atoms with Crippen molar-refractivity contribution in [1.82, 2.24) is 10.5 Å². The summed E-state index contributed by atoms with van der Waals surface area (Å²) in [6.07, 6.45) is 0.750. The molecule has 0 aliphatic heterocycles. The quantitative estimate of drug-likeness (QED) is 0.592. The van der Waals surface area contributed by atoms with Gasteiger partial charge in [0.15, 0.2) is 0 Å². The molecule has 0 spiro atoms. The van der Waals surface area contributed by atoms with Crippen LogP contribution in [-0.4, -0.2) is 23.5 Å². The second-order valence-corrected chi connectivity index (χ2v) is 3.01. The van der Waals surface area contributed by atoms with E-state index in [0.29, 0.717) is 18.1 Å². The number of halogens is 1. The van der Waals surface area contributed by atoms with E-state index in [1.807, 2.05) is 0 Å². The van der Waals surface area contributed by atoms with Crippen LogP contribution in [0.2, 0.25) is 0 Å². The Morgan fingerprint density at radius 2 is 2.54 bits per heavy atom. The van der Waals surface area contributed by atoms with Crippen molar-refractivity contribution in [2.24, 2.45) is 0 Å². The summed E-state index contributed by atoms with van der Waals surface area (Å²) in [6.45, 7) is 2.32. The fourth-order valence-electron chi connectivity index (χ4n) is 0.826. The molecule has 1 heterocycles. The average Bonchev–Trinajstić information content (AvgIpc) is 2.52. The maximum atomic E-state index is 11.2. The third kappa shape index (κ3) is 3.06. The van der Waals surface area contributed by atoms with Crippen molar-refractivity contribution in [3.63, 3.8) is 0 Å². The predicted molar refractivity (Wildman–Crippen MR) is 48.9 cm³/mol. The number of carbonyl (C=O) groups is 1. The highest BCUT2D eigenvalue weighted by molar-refractivity contribution is 6.17. The van der Waals surface area contributed by atoms with Gasteiger partial charge in [0.25, 0.3) is 5.91 Å². The zero-order valence-corrected chi connectivity index (χ0v) is 8.10. The Morgan fingerprint density at radius 1 is 1.77 bits per heavy atom. The van der Waals surface area contributed by atoms with Gasteiger partial charge in [-0.2, -0.15) is 0 Å². The Hall–Kier alpha value is -1.03. The van der Waals surface area contributed by atoms with E-state index in [4.69, 9.17) is 16.1 Å². The molecule has 0 atom stereocenters. The fourth-order valence-corrected chi connectivity index (χ4v) is 0.960. The standard InChI is InChI=1S/C8H11ClN2O2/c1-6-5-7(13-11-6)8(12)10-4-2-3-9/h5H,2-4H2,1H3,(H,10,12). The van der Waals surface area contributed by atoms with Crippen LogP contribution < -0.4 is 5.32 Å². The van der Waals surface area contributed by atoms with Crippen molar-refractivity contribution in [3.05, 3.63) is 17.5 Å². The van der Waals surface area contributed by atoms with Gasteiger partial charge in [0.1, 0.15) is 0 Å². The van der Waals surface area contributed by atoms with Gasteiger partial charge in [0, 0.05) is 18.5 Å². The Kier molecular flexibility index (Phi) is 3.76. The van der Waals surface area contributed by atoms with Crippen molar-refractivity contribution < 1.29 is 9.32 Å². The minimum Gasteiger partial charge on any atom is -0.351 e. The molecule has 0 aromatic carbocycles. The zero-order chi connectivity index (χ0) is 9.68. The van der Waals surface area contributed by atoms with Crippen LogP contribution in [0, 0.1) is 6.92 Å². The van der Waals surface area contributed by atoms with Gasteiger partial charge in [0.05, 0.1) is 5.69 Å². The van der Waals surface area contributed by atoms with Crippen LogP contribution in [0.4, 0.5) is 0 Å². The van der Waals surface area contributed by atoms with Crippen LogP contribution >= 0.6 is 11.6 Å². The lowest BCUT2D eigenvalue weighted by Gasteiger charge is -1.98. The predicted octanol–water partition coefficient (Wildman–Crippen LogP) is 1.34. The molecule has 0 unspecified atom stereocenters. The van der Waals surface area contributed by atoms with E-state index < -0.39 is 0 Å². The molecule has 1 rings (SSSR count). The zero-order valence-electron chi connectivity index (χ0n) is 7.34. The number of hydrogen-bond acceptors (Lipinski definition) is 3. The summed E-state index contributed by atoms with van der Waals surface area (Å²) in [4.78, 5) is 11.2. The molecule has 1 aromatic heterocycles. The number of aryl methyl sites for hydroxylation is 1. The number of nitrogens with one attached hydrogen (secondary N) is 1. The summed E-state index contributed by atoms with van der Waals surface area (Å²) in [5, 5.41) is 6.26. The van der Waals surface area contributed by atoms with Gasteiger partial charge >= 0.3 is 0 Å². The number of rotatable bonds is 4. The molecule has 72 valence electrons. The van der Waals surface area contributed by atoms with Crippen LogP contribution in [0.5, 0.6) is 0 Å². The molecule has 1 aromatic rings. The van der Waals surface area contributed by atoms with Crippen molar-refractivity contribution >= 4 is 17.5 Å². The van der Waals surface area contributed by atoms with Crippen LogP contribution in [-0.2, 0) is 0 Å². The third-order valence-corrected chi connectivity index (χ3v) is 1.71. The largest absolute Gasteiger partial charge is 0.351 e. The van der Waals surface area contributed by atoms with E-state index in [1.54, 1.807) is 13.0 Å². The molecular weight excluding hydrogens is 192 g/mol. The minimum absolute atomic E-state index is 0.243. The van der Waals surface area contributed by atoms with Crippen LogP contribution in [0.15, 0.2) is 10.6 Å². The number of nitrogens with zero attached hydrogens (tertiary/aromatic N) is 1. The first-order chi connectivity index (χ1) is 6.24. The van der Waals surface area contributed by atoms with Gasteiger partial charge < -0.3 is 9.84 Å². The SMILES string of the molecule is Cc1cc(C(=O)NCCCCl)on1. The summed E-state index contributed by atoms with van der Waals surface area (Å²) in [6, 6.07) is 1.59. The Balaban J connectivity index is 2.40. The van der Waals surface area contributed by atoms with Crippen LogP contribution in [0.3, 0.4) is 0 Å². The molecule has 0 saturated heterocycles. The molecule has 0 saturated carbocycles. The van der Waals surface area contributed by atoms with Gasteiger partial charge in [-0.25, -0.2) is 0 Å². The van der Waals surface area contributed by atoms with Gasteiger partial charge in [0.2, 0.25) is 5.76 Å². The van der Waals surface area contributed by atoms with E-state index in [-0.39, 0.29) is 11.7 Å². The summed E-state index contributed by atoms with van der Waals surface area (Å²) in [7, 11) is 0. The van der Waals surface area contributed by atoms with Gasteiger partial charge in [-0.15, -0.1) is 11.6 Å². The minimum atomic E-state index is -0.245. The van der Waals surface area contributed by atoms with E-state index in [2.05, 4.69) is 10.5 Å². The smallest absolute Gasteiger partial charge is 0.289 e. The fraction of sp³-hybridized carbons (Fsp3) is 0.500. The normalized spacial score (nSPS) is 10.0. The lowest BCUT2D eigenvalue weighted by molar-refractivity contribution is 0.0917. The summed E-state index contributed by atoms with van der Waals surface area (Å²) in [5.41, 5.74) is 0.697. The van der Waals surface area contributed by atoms with Crippen molar-refractivity contribution in [1.29, 1.82) is 0 Å². The molecule has 13 heavy (non-hydrogen) atoms. The average molecular weight is 203 g/mol. The molecule has 4 nitrogen and oxygen atoms in total. The second kappa shape index (κ2) is 4.87. The number of amides is 1. The van der Waals surface area contributed by atoms with E-state index in [1.165, 1.54) is 0 Å². The maximum Gasteiger partial charge on any atom is 0.289 e. The Morgan fingerprint density at radius 3 is 3.08 bits per heavy atom. The number of hydrogen-bond donors (Lipinski definition) is 1. The molecule has 0 radical (unpaired) electrons. The molecule has 0 aliphatic carbocycles. The first-order valence-electron chi connectivity index (χ1n) is 4.01. The second-order valence-electron chi connectivity index (χ2n) is 2.63. The van der Waals surface area contributed by atoms with Crippen molar-refractivity contribution in [3.8, 4) is 0 Å². The molecule has 0 bridgehead atoms. The summed E-state index contributed by atoms with van der Waals surface area (Å²) < 4.78 is 4.76. The van der Waals surface area contributed by atoms with Gasteiger partial charge in [-0.3, -0.25) is 4.79 Å². The van der Waals surface area contributed by atoms with Crippen molar-refractivity contribution in [2.45, 2.75) is 13.3 Å². The molecule has 5 heteroatoms. The van der Waals surface area contributed by atoms with E-state index >= 15 is 0 Å². The summed E-state index contributed by atoms with van der Waals surface area (Å²) >= 11 is 5.45. The lowest BCUT2D eigenvalue weighted by atomic mass is 10.3. The monoisotopic (exact) mass is 202 g/mol. The van der Waals surface area contributed by atoms with Crippen LogP contribution in [0.1, 0.15) is 22.7 Å². The van der Waals surface area contributed by atoms with Crippen LogP contribution in [0.25, 0.3) is 0 Å². The van der Waals surface area contributed by atoms with Gasteiger partial charge in [-0.05, 0) is 13.3 Å². The topological polar surface area (TPSA) is 55.1 Å². The van der Waals surface area contributed by atoms with Gasteiger partial charge in [-0.1, -0.05) is 5.16 Å². The van der Waals surface area contributed by atoms with E-state index in [0.717, 1.165) is 6.42 Å². The number of alkyl halides is 1. The molecule has 0 aliphatic rings. The Bertz CT molecular complexity index is 285. The number of carbonyl (C=O) groups excluding carboxylic acids is 1. The lowest BCUT2D eigenvalue weighted by Crippen LogP contribution is -2.24. The maximum absolute atomic E-state index is 11.2.